The molecule has 0 amide bonds. The van der Waals surface area contributed by atoms with Crippen LogP contribution in [0.4, 0.5) is 0 Å². The zero-order valence-corrected chi connectivity index (χ0v) is 7.58. The molecule has 0 aromatic carbocycles. The van der Waals surface area contributed by atoms with E-state index in [0.717, 1.165) is 4.60 Å². The van der Waals surface area contributed by atoms with Gasteiger partial charge >= 0.3 is 0 Å². The molecule has 1 rings (SSSR count). The molecule has 4 heteroatoms. The van der Waals surface area contributed by atoms with E-state index < -0.39 is 0 Å². The highest BCUT2D eigenvalue weighted by atomic mass is 79.9. The first kappa shape index (κ1) is 8.33. The molecule has 0 bridgehead atoms. The van der Waals surface area contributed by atoms with Crippen LogP contribution in [0.25, 0.3) is 0 Å². The van der Waals surface area contributed by atoms with Gasteiger partial charge in [0.25, 0.3) is 0 Å². The Morgan fingerprint density at radius 3 is 2.91 bits per heavy atom. The third kappa shape index (κ3) is 2.08. The SMILES string of the molecule is CC(N=O)c1cccc(Br)n1. The molecule has 1 aromatic heterocycles. The maximum Gasteiger partial charge on any atom is 0.131 e. The van der Waals surface area contributed by atoms with Gasteiger partial charge in [0.15, 0.2) is 0 Å². The van der Waals surface area contributed by atoms with Crippen LogP contribution in [0.3, 0.4) is 0 Å². The lowest BCUT2D eigenvalue weighted by Crippen LogP contribution is -1.92. The Hall–Kier alpha value is -0.770. The molecule has 0 aliphatic rings. The van der Waals surface area contributed by atoms with Gasteiger partial charge in [-0.15, -0.1) is 0 Å². The molecule has 0 radical (unpaired) electrons. The summed E-state index contributed by atoms with van der Waals surface area (Å²) in [5.74, 6) is 0. The lowest BCUT2D eigenvalue weighted by atomic mass is 10.2. The number of aromatic nitrogens is 1. The van der Waals surface area contributed by atoms with E-state index in [1.807, 2.05) is 6.07 Å². The molecule has 0 fully saturated rings. The summed E-state index contributed by atoms with van der Waals surface area (Å²) in [4.78, 5) is 14.2. The number of hydrogen-bond donors (Lipinski definition) is 0. The Morgan fingerprint density at radius 2 is 2.36 bits per heavy atom. The monoisotopic (exact) mass is 214 g/mol. The van der Waals surface area contributed by atoms with Gasteiger partial charge in [-0.25, -0.2) is 4.98 Å². The number of halogens is 1. The molecule has 1 unspecified atom stereocenters. The van der Waals surface area contributed by atoms with Gasteiger partial charge < -0.3 is 0 Å². The van der Waals surface area contributed by atoms with E-state index in [1.54, 1.807) is 19.1 Å². The summed E-state index contributed by atoms with van der Waals surface area (Å²) >= 11 is 3.20. The van der Waals surface area contributed by atoms with Crippen molar-refractivity contribution < 1.29 is 0 Å². The highest BCUT2D eigenvalue weighted by Crippen LogP contribution is 2.15. The Kier molecular flexibility index (Phi) is 2.70. The molecule has 0 aliphatic carbocycles. The van der Waals surface area contributed by atoms with Crippen molar-refractivity contribution in [2.24, 2.45) is 5.18 Å². The summed E-state index contributed by atoms with van der Waals surface area (Å²) in [6, 6.07) is 5.04. The number of rotatable bonds is 2. The molecule has 0 saturated heterocycles. The maximum atomic E-state index is 10.1. The molecule has 58 valence electrons. The van der Waals surface area contributed by atoms with Crippen LogP contribution in [-0.4, -0.2) is 4.98 Å². The summed E-state index contributed by atoms with van der Waals surface area (Å²) in [5.41, 5.74) is 0.689. The van der Waals surface area contributed by atoms with Gasteiger partial charge in [-0.1, -0.05) is 11.2 Å². The number of nitrogens with zero attached hydrogens (tertiary/aromatic N) is 2. The minimum absolute atomic E-state index is 0.368. The van der Waals surface area contributed by atoms with Gasteiger partial charge in [0.1, 0.15) is 10.6 Å². The molecule has 11 heavy (non-hydrogen) atoms. The molecule has 1 aromatic rings. The van der Waals surface area contributed by atoms with Crippen LogP contribution < -0.4 is 0 Å². The molecule has 0 aliphatic heterocycles. The van der Waals surface area contributed by atoms with Crippen molar-refractivity contribution in [2.75, 3.05) is 0 Å². The van der Waals surface area contributed by atoms with Crippen molar-refractivity contribution in [2.45, 2.75) is 13.0 Å². The molecule has 1 heterocycles. The largest absolute Gasteiger partial charge is 0.244 e. The van der Waals surface area contributed by atoms with E-state index in [2.05, 4.69) is 26.1 Å². The fraction of sp³-hybridized carbons (Fsp3) is 0.286. The van der Waals surface area contributed by atoms with E-state index in [1.165, 1.54) is 0 Å². The Labute approximate surface area is 72.9 Å². The predicted molar refractivity (Wildman–Crippen MR) is 46.1 cm³/mol. The molecule has 0 saturated carbocycles. The average molecular weight is 215 g/mol. The van der Waals surface area contributed by atoms with Crippen LogP contribution in [0.15, 0.2) is 28.0 Å². The lowest BCUT2D eigenvalue weighted by Gasteiger charge is -2.00. The summed E-state index contributed by atoms with van der Waals surface area (Å²) in [7, 11) is 0. The molecule has 1 atom stereocenters. The number of hydrogen-bond acceptors (Lipinski definition) is 3. The summed E-state index contributed by atoms with van der Waals surface area (Å²) < 4.78 is 0.727. The topological polar surface area (TPSA) is 42.3 Å². The second kappa shape index (κ2) is 3.57. The quantitative estimate of drug-likeness (QED) is 0.562. The first-order valence-corrected chi connectivity index (χ1v) is 3.98. The standard InChI is InChI=1S/C7H7BrN2O/c1-5(10-11)6-3-2-4-7(8)9-6/h2-5H,1H3. The fourth-order valence-electron chi connectivity index (χ4n) is 0.711. The summed E-state index contributed by atoms with van der Waals surface area (Å²) in [5, 5.41) is 2.87. The van der Waals surface area contributed by atoms with E-state index >= 15 is 0 Å². The van der Waals surface area contributed by atoms with Crippen molar-refractivity contribution in [3.63, 3.8) is 0 Å². The highest BCUT2D eigenvalue weighted by molar-refractivity contribution is 9.10. The van der Waals surface area contributed by atoms with Crippen LogP contribution >= 0.6 is 15.9 Å². The lowest BCUT2D eigenvalue weighted by molar-refractivity contribution is 0.772. The van der Waals surface area contributed by atoms with Crippen LogP contribution in [0.2, 0.25) is 0 Å². The molecular weight excluding hydrogens is 208 g/mol. The Balaban J connectivity index is 2.95. The normalized spacial score (nSPS) is 12.5. The third-order valence-corrected chi connectivity index (χ3v) is 1.76. The number of pyridine rings is 1. The molecule has 0 spiro atoms. The van der Waals surface area contributed by atoms with Crippen molar-refractivity contribution in [3.05, 3.63) is 33.4 Å². The third-order valence-electron chi connectivity index (χ3n) is 1.32. The second-order valence-corrected chi connectivity index (χ2v) is 2.98. The number of nitroso groups, excluding NO2 is 1. The Bertz CT molecular complexity index is 264. The summed E-state index contributed by atoms with van der Waals surface area (Å²) in [6.07, 6.45) is 0. The van der Waals surface area contributed by atoms with E-state index in [4.69, 9.17) is 0 Å². The predicted octanol–water partition coefficient (Wildman–Crippen LogP) is 2.67. The van der Waals surface area contributed by atoms with Gasteiger partial charge in [-0.2, -0.15) is 4.91 Å². The molecular formula is C7H7BrN2O. The van der Waals surface area contributed by atoms with E-state index in [9.17, 15) is 4.91 Å². The second-order valence-electron chi connectivity index (χ2n) is 2.17. The van der Waals surface area contributed by atoms with Crippen LogP contribution in [0.5, 0.6) is 0 Å². The van der Waals surface area contributed by atoms with E-state index in [0.29, 0.717) is 5.69 Å². The van der Waals surface area contributed by atoms with Gasteiger partial charge in [-0.05, 0) is 35.0 Å². The maximum absolute atomic E-state index is 10.1. The van der Waals surface area contributed by atoms with E-state index in [-0.39, 0.29) is 6.04 Å². The summed E-state index contributed by atoms with van der Waals surface area (Å²) in [6.45, 7) is 1.71. The van der Waals surface area contributed by atoms with Crippen molar-refractivity contribution in [1.82, 2.24) is 4.98 Å². The van der Waals surface area contributed by atoms with Gasteiger partial charge in [-0.3, -0.25) is 0 Å². The molecule has 3 nitrogen and oxygen atoms in total. The van der Waals surface area contributed by atoms with Gasteiger partial charge in [0, 0.05) is 0 Å². The Morgan fingerprint density at radius 1 is 1.64 bits per heavy atom. The highest BCUT2D eigenvalue weighted by Gasteiger charge is 2.05. The minimum Gasteiger partial charge on any atom is -0.244 e. The van der Waals surface area contributed by atoms with Crippen molar-refractivity contribution in [3.8, 4) is 0 Å². The zero-order chi connectivity index (χ0) is 8.27. The zero-order valence-electron chi connectivity index (χ0n) is 5.99. The van der Waals surface area contributed by atoms with Crippen LogP contribution in [0, 0.1) is 4.91 Å². The fourth-order valence-corrected chi connectivity index (χ4v) is 1.07. The minimum atomic E-state index is -0.368. The van der Waals surface area contributed by atoms with Crippen molar-refractivity contribution >= 4 is 15.9 Å². The smallest absolute Gasteiger partial charge is 0.131 e. The van der Waals surface area contributed by atoms with Gasteiger partial charge in [0.05, 0.1) is 5.69 Å². The van der Waals surface area contributed by atoms with Crippen LogP contribution in [0.1, 0.15) is 18.7 Å². The average Bonchev–Trinajstić information content (AvgIpc) is 2.03. The van der Waals surface area contributed by atoms with Crippen LogP contribution in [-0.2, 0) is 0 Å². The first-order valence-electron chi connectivity index (χ1n) is 3.19. The molecule has 0 N–H and O–H groups in total. The van der Waals surface area contributed by atoms with Gasteiger partial charge in [0.2, 0.25) is 0 Å². The van der Waals surface area contributed by atoms with Crippen molar-refractivity contribution in [1.29, 1.82) is 0 Å². The first-order chi connectivity index (χ1) is 5.24.